The fraction of sp³-hybridized carbons (Fsp3) is 0.435. The molecule has 1 aliphatic heterocycles. The SMILES string of the molecule is COC(=O)[C@H](C)N(Cc1ccc(Cl)c(Cl)c1)S(=O)(=O)CCN1CCN(c2ccccc2)CC1. The third-order valence-electron chi connectivity index (χ3n) is 5.81. The van der Waals surface area contributed by atoms with Crippen molar-refractivity contribution in [1.29, 1.82) is 0 Å². The molecule has 2 aromatic carbocycles. The summed E-state index contributed by atoms with van der Waals surface area (Å²) in [5.41, 5.74) is 1.81. The van der Waals surface area contributed by atoms with Crippen LogP contribution in [0.4, 0.5) is 5.69 Å². The Hall–Kier alpha value is -1.84. The van der Waals surface area contributed by atoms with Crippen molar-refractivity contribution in [2.24, 2.45) is 0 Å². The Morgan fingerprint density at radius 1 is 1.06 bits per heavy atom. The van der Waals surface area contributed by atoms with E-state index in [4.69, 9.17) is 27.9 Å². The highest BCUT2D eigenvalue weighted by atomic mass is 35.5. The minimum atomic E-state index is -3.76. The van der Waals surface area contributed by atoms with Gasteiger partial charge in [-0.1, -0.05) is 47.5 Å². The molecule has 1 saturated heterocycles. The van der Waals surface area contributed by atoms with E-state index in [1.807, 2.05) is 18.2 Å². The zero-order valence-corrected chi connectivity index (χ0v) is 21.1. The molecule has 0 aromatic heterocycles. The molecule has 33 heavy (non-hydrogen) atoms. The number of anilines is 1. The van der Waals surface area contributed by atoms with Crippen LogP contribution in [0.1, 0.15) is 12.5 Å². The van der Waals surface area contributed by atoms with Gasteiger partial charge in [-0.25, -0.2) is 8.42 Å². The molecule has 0 amide bonds. The number of benzene rings is 2. The van der Waals surface area contributed by atoms with Crippen LogP contribution in [-0.4, -0.2) is 75.2 Å². The number of piperazine rings is 1. The minimum absolute atomic E-state index is 0.00270. The van der Waals surface area contributed by atoms with Gasteiger partial charge in [0.2, 0.25) is 10.0 Å². The van der Waals surface area contributed by atoms with E-state index in [1.165, 1.54) is 24.0 Å². The van der Waals surface area contributed by atoms with E-state index in [1.54, 1.807) is 18.2 Å². The first-order valence-electron chi connectivity index (χ1n) is 10.7. The highest BCUT2D eigenvalue weighted by Gasteiger charge is 2.33. The standard InChI is InChI=1S/C23H29Cl2N3O4S/c1-18(23(29)32-2)28(17-19-8-9-21(24)22(25)16-19)33(30,31)15-14-26-10-12-27(13-11-26)20-6-4-3-5-7-20/h3-9,16,18H,10-15,17H2,1-2H3/t18-/m0/s1. The van der Waals surface area contributed by atoms with Crippen molar-refractivity contribution < 1.29 is 17.9 Å². The third-order valence-corrected chi connectivity index (χ3v) is 8.41. The first-order valence-corrected chi connectivity index (χ1v) is 13.1. The van der Waals surface area contributed by atoms with Crippen molar-refractivity contribution in [3.05, 3.63) is 64.1 Å². The lowest BCUT2D eigenvalue weighted by molar-refractivity contribution is -0.144. The van der Waals surface area contributed by atoms with Gasteiger partial charge in [0.15, 0.2) is 0 Å². The first-order chi connectivity index (χ1) is 15.7. The van der Waals surface area contributed by atoms with Crippen LogP contribution in [0, 0.1) is 0 Å². The van der Waals surface area contributed by atoms with Crippen LogP contribution in [-0.2, 0) is 26.1 Å². The molecule has 180 valence electrons. The zero-order chi connectivity index (χ0) is 24.0. The third kappa shape index (κ3) is 6.83. The largest absolute Gasteiger partial charge is 0.468 e. The molecule has 10 heteroatoms. The van der Waals surface area contributed by atoms with Crippen molar-refractivity contribution in [3.8, 4) is 0 Å². The van der Waals surface area contributed by atoms with Crippen LogP contribution in [0.25, 0.3) is 0 Å². The molecule has 1 aliphatic rings. The number of nitrogens with zero attached hydrogens (tertiary/aromatic N) is 3. The smallest absolute Gasteiger partial charge is 0.323 e. The maximum atomic E-state index is 13.3. The molecule has 1 fully saturated rings. The van der Waals surface area contributed by atoms with Crippen molar-refractivity contribution in [1.82, 2.24) is 9.21 Å². The van der Waals surface area contributed by atoms with Crippen LogP contribution in [0.15, 0.2) is 48.5 Å². The lowest BCUT2D eigenvalue weighted by atomic mass is 10.2. The Kier molecular flexibility index (Phi) is 9.01. The monoisotopic (exact) mass is 513 g/mol. The fourth-order valence-electron chi connectivity index (χ4n) is 3.81. The van der Waals surface area contributed by atoms with Crippen molar-refractivity contribution in [2.45, 2.75) is 19.5 Å². The summed E-state index contributed by atoms with van der Waals surface area (Å²) < 4.78 is 32.6. The summed E-state index contributed by atoms with van der Waals surface area (Å²) in [6, 6.07) is 14.1. The normalized spacial score (nSPS) is 16.1. The molecule has 0 N–H and O–H groups in total. The highest BCUT2D eigenvalue weighted by molar-refractivity contribution is 7.89. The van der Waals surface area contributed by atoms with Crippen LogP contribution in [0.5, 0.6) is 0 Å². The van der Waals surface area contributed by atoms with Gasteiger partial charge in [0.1, 0.15) is 6.04 Å². The Morgan fingerprint density at radius 2 is 1.73 bits per heavy atom. The molecule has 1 atom stereocenters. The predicted molar refractivity (Wildman–Crippen MR) is 132 cm³/mol. The Bertz CT molecular complexity index is 1040. The number of methoxy groups -OCH3 is 1. The van der Waals surface area contributed by atoms with Gasteiger partial charge in [0.05, 0.1) is 22.9 Å². The molecule has 0 unspecified atom stereocenters. The molecule has 1 heterocycles. The van der Waals surface area contributed by atoms with E-state index in [0.29, 0.717) is 22.2 Å². The van der Waals surface area contributed by atoms with Crippen molar-refractivity contribution in [3.63, 3.8) is 0 Å². The summed E-state index contributed by atoms with van der Waals surface area (Å²) >= 11 is 12.1. The Balaban J connectivity index is 1.65. The minimum Gasteiger partial charge on any atom is -0.468 e. The number of para-hydroxylation sites is 1. The van der Waals surface area contributed by atoms with Gasteiger partial charge in [0.25, 0.3) is 0 Å². The highest BCUT2D eigenvalue weighted by Crippen LogP contribution is 2.25. The molecule has 0 bridgehead atoms. The zero-order valence-electron chi connectivity index (χ0n) is 18.8. The van der Waals surface area contributed by atoms with Crippen LogP contribution in [0.2, 0.25) is 10.0 Å². The predicted octanol–water partition coefficient (Wildman–Crippen LogP) is 3.51. The second-order valence-corrected chi connectivity index (χ2v) is 10.8. The molecule has 0 spiro atoms. The summed E-state index contributed by atoms with van der Waals surface area (Å²) in [6.07, 6.45) is 0. The average molecular weight is 514 g/mol. The number of carbonyl (C=O) groups excluding carboxylic acids is 1. The van der Waals surface area contributed by atoms with Gasteiger partial charge in [-0.3, -0.25) is 9.69 Å². The number of rotatable bonds is 9. The second-order valence-electron chi connectivity index (χ2n) is 7.97. The van der Waals surface area contributed by atoms with E-state index in [0.717, 1.165) is 26.2 Å². The topological polar surface area (TPSA) is 70.2 Å². The van der Waals surface area contributed by atoms with Crippen LogP contribution in [0.3, 0.4) is 0 Å². The van der Waals surface area contributed by atoms with Crippen LogP contribution >= 0.6 is 23.2 Å². The van der Waals surface area contributed by atoms with Gasteiger partial charge < -0.3 is 9.64 Å². The first kappa shape index (κ1) is 25.8. The van der Waals surface area contributed by atoms with Crippen molar-refractivity contribution >= 4 is 44.9 Å². The quantitative estimate of drug-likeness (QED) is 0.477. The summed E-state index contributed by atoms with van der Waals surface area (Å²) in [5.74, 6) is -0.712. The van der Waals surface area contributed by atoms with Gasteiger partial charge in [-0.15, -0.1) is 0 Å². The molecule has 0 saturated carbocycles. The van der Waals surface area contributed by atoms with E-state index < -0.39 is 22.0 Å². The van der Waals surface area contributed by atoms with Gasteiger partial charge in [0, 0.05) is 45.0 Å². The van der Waals surface area contributed by atoms with E-state index in [-0.39, 0.29) is 12.3 Å². The fourth-order valence-corrected chi connectivity index (χ4v) is 5.77. The summed E-state index contributed by atoms with van der Waals surface area (Å²) in [7, 11) is -2.52. The number of hydrogen-bond acceptors (Lipinski definition) is 6. The van der Waals surface area contributed by atoms with Gasteiger partial charge >= 0.3 is 5.97 Å². The molecule has 7 nitrogen and oxygen atoms in total. The number of carbonyl (C=O) groups is 1. The molecular formula is C23H29Cl2N3O4S. The van der Waals surface area contributed by atoms with E-state index in [2.05, 4.69) is 21.9 Å². The Labute approximate surface area is 205 Å². The van der Waals surface area contributed by atoms with E-state index in [9.17, 15) is 13.2 Å². The molecule has 2 aromatic rings. The lowest BCUT2D eigenvalue weighted by Gasteiger charge is -2.36. The maximum Gasteiger partial charge on any atom is 0.323 e. The lowest BCUT2D eigenvalue weighted by Crippen LogP contribution is -2.49. The van der Waals surface area contributed by atoms with Gasteiger partial charge in [-0.2, -0.15) is 4.31 Å². The van der Waals surface area contributed by atoms with E-state index >= 15 is 0 Å². The Morgan fingerprint density at radius 3 is 2.33 bits per heavy atom. The summed E-state index contributed by atoms with van der Waals surface area (Å²) in [6.45, 7) is 5.10. The number of hydrogen-bond donors (Lipinski definition) is 0. The summed E-state index contributed by atoms with van der Waals surface area (Å²) in [5, 5.41) is 0.707. The number of ether oxygens (including phenoxy) is 1. The van der Waals surface area contributed by atoms with Gasteiger partial charge in [-0.05, 0) is 36.8 Å². The average Bonchev–Trinajstić information content (AvgIpc) is 2.83. The van der Waals surface area contributed by atoms with Crippen LogP contribution < -0.4 is 4.90 Å². The maximum absolute atomic E-state index is 13.3. The second kappa shape index (κ2) is 11.5. The number of sulfonamides is 1. The molecular weight excluding hydrogens is 485 g/mol. The van der Waals surface area contributed by atoms with Crippen molar-refractivity contribution in [2.75, 3.05) is 50.5 Å². The summed E-state index contributed by atoms with van der Waals surface area (Å²) in [4.78, 5) is 16.6. The molecule has 0 radical (unpaired) electrons. The number of esters is 1. The molecule has 3 rings (SSSR count). The molecule has 0 aliphatic carbocycles. The number of halogens is 2.